The molecule has 0 spiro atoms. The maximum Gasteiger partial charge on any atom is 0.180 e. The monoisotopic (exact) mass is 206 g/mol. The minimum Gasteiger partial charge on any atom is -0.230 e. The quantitative estimate of drug-likeness (QED) is 0.620. The first-order valence-electron chi connectivity index (χ1n) is 2.74. The Balaban J connectivity index is 2.96. The Bertz CT molecular complexity index is 223. The van der Waals surface area contributed by atoms with Crippen molar-refractivity contribution in [2.24, 2.45) is 0 Å². The van der Waals surface area contributed by atoms with Crippen molar-refractivity contribution in [2.75, 3.05) is 0 Å². The van der Waals surface area contributed by atoms with Crippen LogP contribution >= 0.6 is 15.9 Å². The number of hydrogen-bond donors (Lipinski definition) is 0. The molecule has 1 aromatic rings. The largest absolute Gasteiger partial charge is 0.230 e. The van der Waals surface area contributed by atoms with E-state index < -0.39 is 10.9 Å². The lowest BCUT2D eigenvalue weighted by Crippen LogP contribution is -1.82. The molecule has 1 rings (SSSR count). The zero-order valence-corrected chi connectivity index (χ0v) is 6.61. The van der Waals surface area contributed by atoms with Crippen LogP contribution in [0.4, 0.5) is 8.78 Å². The lowest BCUT2D eigenvalue weighted by atomic mass is 10.2. The van der Waals surface area contributed by atoms with Crippen LogP contribution in [0.5, 0.6) is 0 Å². The molecule has 1 atom stereocenters. The Morgan fingerprint density at radius 3 is 2.50 bits per heavy atom. The van der Waals surface area contributed by atoms with Crippen molar-refractivity contribution >= 4 is 15.9 Å². The number of alkyl halides is 2. The van der Waals surface area contributed by atoms with Gasteiger partial charge in [0.1, 0.15) is 5.82 Å². The normalized spacial score (nSPS) is 13.1. The highest BCUT2D eigenvalue weighted by molar-refractivity contribution is 9.09. The van der Waals surface area contributed by atoms with E-state index >= 15 is 0 Å². The molecule has 0 saturated heterocycles. The summed E-state index contributed by atoms with van der Waals surface area (Å²) in [5.74, 6) is -0.417. The highest BCUT2D eigenvalue weighted by Crippen LogP contribution is 2.23. The third-order valence-corrected chi connectivity index (χ3v) is 1.63. The molecule has 10 heavy (non-hydrogen) atoms. The Kier molecular flexibility index (Phi) is 2.38. The first-order chi connectivity index (χ1) is 4.70. The predicted octanol–water partition coefficient (Wildman–Crippen LogP) is 3.19. The minimum absolute atomic E-state index is 0.306. The average Bonchev–Trinajstić information content (AvgIpc) is 1.88. The van der Waals surface area contributed by atoms with Gasteiger partial charge >= 0.3 is 0 Å². The van der Waals surface area contributed by atoms with Crippen LogP contribution in [-0.2, 0) is 0 Å². The summed E-state index contributed by atoms with van der Waals surface area (Å²) in [5.41, 5.74) is 0.306. The van der Waals surface area contributed by atoms with E-state index in [1.165, 1.54) is 18.2 Å². The van der Waals surface area contributed by atoms with E-state index in [4.69, 9.17) is 0 Å². The van der Waals surface area contributed by atoms with Crippen molar-refractivity contribution in [3.05, 3.63) is 35.6 Å². The van der Waals surface area contributed by atoms with Gasteiger partial charge in [-0.2, -0.15) is 0 Å². The van der Waals surface area contributed by atoms with Crippen LogP contribution in [0.25, 0.3) is 0 Å². The van der Waals surface area contributed by atoms with Gasteiger partial charge in [0.2, 0.25) is 0 Å². The number of benzene rings is 1. The van der Waals surface area contributed by atoms with Crippen molar-refractivity contribution < 1.29 is 8.78 Å². The third kappa shape index (κ3) is 1.77. The molecule has 1 unspecified atom stereocenters. The topological polar surface area (TPSA) is 0 Å². The van der Waals surface area contributed by atoms with Crippen molar-refractivity contribution in [1.82, 2.24) is 0 Å². The zero-order valence-electron chi connectivity index (χ0n) is 5.02. The van der Waals surface area contributed by atoms with Gasteiger partial charge in [0.05, 0.1) is 0 Å². The van der Waals surface area contributed by atoms with Gasteiger partial charge in [-0.25, -0.2) is 8.78 Å². The van der Waals surface area contributed by atoms with E-state index in [0.717, 1.165) is 6.07 Å². The molecule has 3 heteroatoms. The first kappa shape index (κ1) is 7.66. The van der Waals surface area contributed by atoms with Gasteiger partial charge in [0.15, 0.2) is 5.08 Å². The average molecular weight is 207 g/mol. The molecule has 0 radical (unpaired) electrons. The molecule has 0 aromatic heterocycles. The van der Waals surface area contributed by atoms with Crippen LogP contribution in [0.2, 0.25) is 0 Å². The van der Waals surface area contributed by atoms with Crippen molar-refractivity contribution in [3.63, 3.8) is 0 Å². The summed E-state index contributed by atoms with van der Waals surface area (Å²) in [6.45, 7) is 0. The second kappa shape index (κ2) is 3.10. The van der Waals surface area contributed by atoms with Crippen molar-refractivity contribution in [2.45, 2.75) is 5.08 Å². The van der Waals surface area contributed by atoms with Crippen LogP contribution in [0.1, 0.15) is 10.6 Å². The Morgan fingerprint density at radius 2 is 2.10 bits per heavy atom. The third-order valence-electron chi connectivity index (χ3n) is 1.10. The van der Waals surface area contributed by atoms with Gasteiger partial charge in [-0.1, -0.05) is 12.1 Å². The standard InChI is InChI=1S/C7H5BrF2/c8-7(10)5-2-1-3-6(9)4-5/h1-4,7H. The van der Waals surface area contributed by atoms with Gasteiger partial charge in [-0.05, 0) is 33.6 Å². The van der Waals surface area contributed by atoms with Gasteiger partial charge in [0, 0.05) is 0 Å². The summed E-state index contributed by atoms with van der Waals surface area (Å²) in [6.07, 6.45) is 0. The van der Waals surface area contributed by atoms with Gasteiger partial charge in [0.25, 0.3) is 0 Å². The molecule has 54 valence electrons. The van der Waals surface area contributed by atoms with Crippen LogP contribution < -0.4 is 0 Å². The molecule has 0 bridgehead atoms. The Morgan fingerprint density at radius 1 is 1.40 bits per heavy atom. The summed E-state index contributed by atoms with van der Waals surface area (Å²) >= 11 is 2.68. The molecule has 0 fully saturated rings. The fraction of sp³-hybridized carbons (Fsp3) is 0.143. The van der Waals surface area contributed by atoms with Gasteiger partial charge in [-0.3, -0.25) is 0 Å². The van der Waals surface area contributed by atoms with Crippen LogP contribution in [-0.4, -0.2) is 0 Å². The summed E-state index contributed by atoms with van der Waals surface area (Å²) in [6, 6.07) is 5.42. The smallest absolute Gasteiger partial charge is 0.180 e. The molecule has 0 aliphatic carbocycles. The second-order valence-electron chi connectivity index (χ2n) is 1.86. The van der Waals surface area contributed by atoms with Crippen LogP contribution in [0, 0.1) is 5.82 Å². The fourth-order valence-corrected chi connectivity index (χ4v) is 0.927. The molecule has 0 nitrogen and oxygen atoms in total. The van der Waals surface area contributed by atoms with E-state index in [1.807, 2.05) is 0 Å². The molecular formula is C7H5BrF2. The fourth-order valence-electron chi connectivity index (χ4n) is 0.642. The molecule has 0 aliphatic rings. The molecular weight excluding hydrogens is 202 g/mol. The SMILES string of the molecule is Fc1cccc(C(F)Br)c1. The highest BCUT2D eigenvalue weighted by atomic mass is 79.9. The summed E-state index contributed by atoms with van der Waals surface area (Å²) < 4.78 is 24.7. The zero-order chi connectivity index (χ0) is 7.56. The Labute approximate surface area is 66.0 Å². The predicted molar refractivity (Wildman–Crippen MR) is 39.2 cm³/mol. The molecule has 0 N–H and O–H groups in total. The van der Waals surface area contributed by atoms with Crippen molar-refractivity contribution in [3.8, 4) is 0 Å². The van der Waals surface area contributed by atoms with Crippen LogP contribution in [0.15, 0.2) is 24.3 Å². The highest BCUT2D eigenvalue weighted by Gasteiger charge is 2.03. The Hall–Kier alpha value is -0.440. The first-order valence-corrected chi connectivity index (χ1v) is 3.65. The van der Waals surface area contributed by atoms with Gasteiger partial charge < -0.3 is 0 Å². The summed E-state index contributed by atoms with van der Waals surface area (Å²) in [5, 5.41) is -1.27. The minimum atomic E-state index is -1.27. The molecule has 0 heterocycles. The number of hydrogen-bond acceptors (Lipinski definition) is 0. The van der Waals surface area contributed by atoms with E-state index in [1.54, 1.807) is 0 Å². The van der Waals surface area contributed by atoms with E-state index in [-0.39, 0.29) is 0 Å². The lowest BCUT2D eigenvalue weighted by Gasteiger charge is -1.98. The van der Waals surface area contributed by atoms with E-state index in [2.05, 4.69) is 15.9 Å². The maximum atomic E-state index is 12.4. The van der Waals surface area contributed by atoms with E-state index in [0.29, 0.717) is 5.56 Å². The van der Waals surface area contributed by atoms with Gasteiger partial charge in [-0.15, -0.1) is 0 Å². The molecule has 0 aliphatic heterocycles. The van der Waals surface area contributed by atoms with E-state index in [9.17, 15) is 8.78 Å². The van der Waals surface area contributed by atoms with Crippen LogP contribution in [0.3, 0.4) is 0 Å². The maximum absolute atomic E-state index is 12.4. The number of halogens is 3. The molecule has 1 aromatic carbocycles. The molecule has 0 saturated carbocycles. The number of rotatable bonds is 1. The second-order valence-corrected chi connectivity index (χ2v) is 2.66. The lowest BCUT2D eigenvalue weighted by molar-refractivity contribution is 0.476. The summed E-state index contributed by atoms with van der Waals surface area (Å²) in [4.78, 5) is 0. The summed E-state index contributed by atoms with van der Waals surface area (Å²) in [7, 11) is 0. The van der Waals surface area contributed by atoms with Crippen molar-refractivity contribution in [1.29, 1.82) is 0 Å². The molecule has 0 amide bonds.